The van der Waals surface area contributed by atoms with E-state index in [-0.39, 0.29) is 17.6 Å². The van der Waals surface area contributed by atoms with Crippen molar-refractivity contribution in [1.82, 2.24) is 10.2 Å². The van der Waals surface area contributed by atoms with E-state index in [1.165, 1.54) is 12.8 Å². The van der Waals surface area contributed by atoms with E-state index >= 15 is 0 Å². The zero-order chi connectivity index (χ0) is 15.5. The number of amides is 2. The first-order valence-corrected chi connectivity index (χ1v) is 7.59. The van der Waals surface area contributed by atoms with Crippen LogP contribution in [0.5, 0.6) is 0 Å². The Kier molecular flexibility index (Phi) is 4.29. The number of carboxylic acid groups (broad SMARTS) is 1. The molecule has 2 amide bonds. The zero-order valence-electron chi connectivity index (χ0n) is 12.3. The Labute approximate surface area is 129 Å². The molecule has 0 radical (unpaired) electrons. The first-order valence-electron chi connectivity index (χ1n) is 7.59. The van der Waals surface area contributed by atoms with Gasteiger partial charge in [0.15, 0.2) is 0 Å². The van der Waals surface area contributed by atoms with Crippen molar-refractivity contribution in [3.63, 3.8) is 0 Å². The Hall–Kier alpha value is -2.08. The number of morpholine rings is 1. The summed E-state index contributed by atoms with van der Waals surface area (Å²) in [6.45, 7) is 2.24. The molecule has 0 spiro atoms. The summed E-state index contributed by atoms with van der Waals surface area (Å²) in [4.78, 5) is 25.0. The maximum atomic E-state index is 12.4. The Bertz CT molecular complexity index is 554. The molecule has 1 aromatic carbocycles. The summed E-state index contributed by atoms with van der Waals surface area (Å²) in [7, 11) is 0. The number of hydrogen-bond acceptors (Lipinski definition) is 3. The van der Waals surface area contributed by atoms with Gasteiger partial charge >= 0.3 is 12.0 Å². The number of aromatic carboxylic acids is 1. The fourth-order valence-electron chi connectivity index (χ4n) is 2.79. The summed E-state index contributed by atoms with van der Waals surface area (Å²) < 4.78 is 5.48. The van der Waals surface area contributed by atoms with Crippen LogP contribution in [0, 0.1) is 5.92 Å². The Balaban J connectivity index is 1.55. The van der Waals surface area contributed by atoms with Crippen molar-refractivity contribution in [3.8, 4) is 0 Å². The van der Waals surface area contributed by atoms with Crippen molar-refractivity contribution >= 4 is 12.0 Å². The number of carboxylic acids is 1. The topological polar surface area (TPSA) is 78.9 Å². The normalized spacial score (nSPS) is 21.5. The highest BCUT2D eigenvalue weighted by molar-refractivity contribution is 5.87. The van der Waals surface area contributed by atoms with Gasteiger partial charge in [-0.15, -0.1) is 0 Å². The highest BCUT2D eigenvalue weighted by Crippen LogP contribution is 2.36. The summed E-state index contributed by atoms with van der Waals surface area (Å²) >= 11 is 0. The van der Waals surface area contributed by atoms with E-state index in [1.807, 2.05) is 4.90 Å². The summed E-state index contributed by atoms with van der Waals surface area (Å²) in [5, 5.41) is 11.8. The fraction of sp³-hybridized carbons (Fsp3) is 0.500. The number of benzene rings is 1. The molecule has 0 aromatic heterocycles. The molecule has 2 fully saturated rings. The van der Waals surface area contributed by atoms with Crippen LogP contribution in [-0.4, -0.2) is 47.8 Å². The molecule has 0 bridgehead atoms. The summed E-state index contributed by atoms with van der Waals surface area (Å²) in [5.74, 6) is -0.364. The minimum absolute atomic E-state index is 0.0671. The molecule has 1 atom stereocenters. The first-order chi connectivity index (χ1) is 10.6. The highest BCUT2D eigenvalue weighted by atomic mass is 16.5. The van der Waals surface area contributed by atoms with Crippen molar-refractivity contribution in [2.24, 2.45) is 5.92 Å². The lowest BCUT2D eigenvalue weighted by atomic mass is 10.1. The molecule has 3 rings (SSSR count). The quantitative estimate of drug-likeness (QED) is 0.887. The molecular weight excluding hydrogens is 284 g/mol. The summed E-state index contributed by atoms with van der Waals surface area (Å²) in [5.41, 5.74) is 1.13. The molecule has 1 saturated carbocycles. The second kappa shape index (κ2) is 6.36. The number of rotatable bonds is 4. The van der Waals surface area contributed by atoms with Crippen LogP contribution in [0.2, 0.25) is 0 Å². The Morgan fingerprint density at radius 3 is 2.64 bits per heavy atom. The van der Waals surface area contributed by atoms with E-state index in [9.17, 15) is 9.59 Å². The van der Waals surface area contributed by atoms with E-state index in [4.69, 9.17) is 9.84 Å². The van der Waals surface area contributed by atoms with Crippen LogP contribution < -0.4 is 5.32 Å². The Morgan fingerprint density at radius 1 is 1.27 bits per heavy atom. The molecule has 6 nitrogen and oxygen atoms in total. The van der Waals surface area contributed by atoms with Crippen LogP contribution in [0.3, 0.4) is 0 Å². The highest BCUT2D eigenvalue weighted by Gasteiger charge is 2.39. The molecule has 1 aliphatic carbocycles. The van der Waals surface area contributed by atoms with Crippen LogP contribution in [0.4, 0.5) is 4.79 Å². The molecule has 1 heterocycles. The van der Waals surface area contributed by atoms with E-state index < -0.39 is 5.97 Å². The van der Waals surface area contributed by atoms with Crippen molar-refractivity contribution in [2.45, 2.75) is 25.4 Å². The predicted octanol–water partition coefficient (Wildman–Crippen LogP) is 1.71. The third-order valence-electron chi connectivity index (χ3n) is 4.24. The van der Waals surface area contributed by atoms with Crippen LogP contribution in [0.15, 0.2) is 24.3 Å². The molecule has 118 valence electrons. The third kappa shape index (κ3) is 3.39. The van der Waals surface area contributed by atoms with E-state index in [0.29, 0.717) is 32.2 Å². The van der Waals surface area contributed by atoms with Gasteiger partial charge in [0, 0.05) is 13.1 Å². The minimum Gasteiger partial charge on any atom is -0.478 e. The monoisotopic (exact) mass is 304 g/mol. The van der Waals surface area contributed by atoms with Gasteiger partial charge in [-0.3, -0.25) is 0 Å². The van der Waals surface area contributed by atoms with Gasteiger partial charge in [-0.25, -0.2) is 9.59 Å². The van der Waals surface area contributed by atoms with Gasteiger partial charge in [0.05, 0.1) is 24.8 Å². The zero-order valence-corrected chi connectivity index (χ0v) is 12.3. The molecule has 6 heteroatoms. The molecule has 1 aliphatic heterocycles. The fourth-order valence-corrected chi connectivity index (χ4v) is 2.79. The van der Waals surface area contributed by atoms with Crippen LogP contribution in [-0.2, 0) is 11.3 Å². The average molecular weight is 304 g/mol. The smallest absolute Gasteiger partial charge is 0.335 e. The molecule has 22 heavy (non-hydrogen) atoms. The maximum absolute atomic E-state index is 12.4. The lowest BCUT2D eigenvalue weighted by Gasteiger charge is -2.35. The number of nitrogens with one attached hydrogen (secondary N) is 1. The number of ether oxygens (including phenoxy) is 1. The van der Waals surface area contributed by atoms with Crippen LogP contribution >= 0.6 is 0 Å². The van der Waals surface area contributed by atoms with Gasteiger partial charge in [0.1, 0.15) is 0 Å². The lowest BCUT2D eigenvalue weighted by Crippen LogP contribution is -2.53. The number of carbonyl (C=O) groups excluding carboxylic acids is 1. The SMILES string of the molecule is O=C(O)c1ccc(CNC(=O)N2CCOCC2C2CC2)cc1. The standard InChI is InChI=1S/C16H20N2O4/c19-15(20)13-3-1-11(2-4-13)9-17-16(21)18-7-8-22-10-14(18)12-5-6-12/h1-4,12,14H,5-10H2,(H,17,21)(H,19,20). The second-order valence-corrected chi connectivity index (χ2v) is 5.83. The second-order valence-electron chi connectivity index (χ2n) is 5.83. The lowest BCUT2D eigenvalue weighted by molar-refractivity contribution is 0.00463. The minimum atomic E-state index is -0.948. The number of carbonyl (C=O) groups is 2. The third-order valence-corrected chi connectivity index (χ3v) is 4.24. The predicted molar refractivity (Wildman–Crippen MR) is 79.7 cm³/mol. The summed E-state index contributed by atoms with van der Waals surface area (Å²) in [6, 6.07) is 6.67. The van der Waals surface area contributed by atoms with Gasteiger partial charge in [0.25, 0.3) is 0 Å². The largest absolute Gasteiger partial charge is 0.478 e. The molecule has 1 saturated heterocycles. The molecule has 1 unspecified atom stereocenters. The van der Waals surface area contributed by atoms with Crippen molar-refractivity contribution in [1.29, 1.82) is 0 Å². The number of nitrogens with zero attached hydrogens (tertiary/aromatic N) is 1. The van der Waals surface area contributed by atoms with Crippen molar-refractivity contribution in [3.05, 3.63) is 35.4 Å². The van der Waals surface area contributed by atoms with Crippen LogP contribution in [0.25, 0.3) is 0 Å². The van der Waals surface area contributed by atoms with Crippen molar-refractivity contribution in [2.75, 3.05) is 19.8 Å². The van der Waals surface area contributed by atoms with Crippen LogP contribution in [0.1, 0.15) is 28.8 Å². The number of hydrogen-bond donors (Lipinski definition) is 2. The van der Waals surface area contributed by atoms with Gasteiger partial charge < -0.3 is 20.1 Å². The van der Waals surface area contributed by atoms with Gasteiger partial charge in [-0.05, 0) is 36.5 Å². The number of urea groups is 1. The molecule has 1 aromatic rings. The average Bonchev–Trinajstić information content (AvgIpc) is 3.38. The van der Waals surface area contributed by atoms with E-state index in [2.05, 4.69) is 5.32 Å². The summed E-state index contributed by atoms with van der Waals surface area (Å²) in [6.07, 6.45) is 2.35. The van der Waals surface area contributed by atoms with Gasteiger partial charge in [-0.1, -0.05) is 12.1 Å². The Morgan fingerprint density at radius 2 is 2.00 bits per heavy atom. The first kappa shape index (κ1) is 14.8. The maximum Gasteiger partial charge on any atom is 0.335 e. The van der Waals surface area contributed by atoms with E-state index in [0.717, 1.165) is 5.56 Å². The van der Waals surface area contributed by atoms with Gasteiger partial charge in [0.2, 0.25) is 0 Å². The molecule has 2 aliphatic rings. The van der Waals surface area contributed by atoms with Crippen molar-refractivity contribution < 1.29 is 19.4 Å². The van der Waals surface area contributed by atoms with E-state index in [1.54, 1.807) is 24.3 Å². The molecular formula is C16H20N2O4. The van der Waals surface area contributed by atoms with Gasteiger partial charge in [-0.2, -0.15) is 0 Å². The molecule has 2 N–H and O–H groups in total.